The minimum atomic E-state index is 0.833. The van der Waals surface area contributed by atoms with Crippen LogP contribution in [0.4, 0.5) is 17.1 Å². The van der Waals surface area contributed by atoms with E-state index in [2.05, 4.69) is 95.9 Å². The fourth-order valence-electron chi connectivity index (χ4n) is 6.86. The molecule has 10 aromatic rings. The van der Waals surface area contributed by atoms with Crippen molar-refractivity contribution >= 4 is 93.7 Å². The molecule has 0 aliphatic heterocycles. The summed E-state index contributed by atoms with van der Waals surface area (Å²) in [5.74, 6) is 0. The predicted molar refractivity (Wildman–Crippen MR) is 180 cm³/mol. The predicted octanol–water partition coefficient (Wildman–Crippen LogP) is 12.0. The van der Waals surface area contributed by atoms with E-state index in [0.29, 0.717) is 0 Å². The van der Waals surface area contributed by atoms with Crippen LogP contribution >= 0.6 is 0 Å². The van der Waals surface area contributed by atoms with Crippen molar-refractivity contribution in [2.24, 2.45) is 0 Å². The van der Waals surface area contributed by atoms with E-state index in [0.717, 1.165) is 93.7 Å². The molecule has 0 unspecified atom stereocenters. The van der Waals surface area contributed by atoms with Crippen molar-refractivity contribution in [2.45, 2.75) is 0 Å². The molecule has 0 aliphatic carbocycles. The first kappa shape index (κ1) is 23.6. The van der Waals surface area contributed by atoms with E-state index in [-0.39, 0.29) is 0 Å². The Labute approximate surface area is 250 Å². The lowest BCUT2D eigenvalue weighted by molar-refractivity contribution is 0.667. The third-order valence-electron chi connectivity index (χ3n) is 8.83. The van der Waals surface area contributed by atoms with Gasteiger partial charge in [0.05, 0.1) is 17.1 Å². The number of anilines is 3. The van der Waals surface area contributed by atoms with Crippen molar-refractivity contribution in [1.82, 2.24) is 0 Å². The van der Waals surface area contributed by atoms with Crippen LogP contribution in [-0.4, -0.2) is 0 Å². The molecule has 10 rings (SSSR count). The van der Waals surface area contributed by atoms with Crippen LogP contribution in [0.15, 0.2) is 153 Å². The smallest absolute Gasteiger partial charge is 0.160 e. The van der Waals surface area contributed by atoms with E-state index >= 15 is 0 Å². The van der Waals surface area contributed by atoms with Crippen LogP contribution in [0.2, 0.25) is 0 Å². The highest BCUT2D eigenvalue weighted by Crippen LogP contribution is 2.47. The Morgan fingerprint density at radius 3 is 1.45 bits per heavy atom. The molecule has 0 N–H and O–H groups in total. The fraction of sp³-hybridized carbons (Fsp3) is 0. The normalized spacial score (nSPS) is 12.1. The summed E-state index contributed by atoms with van der Waals surface area (Å²) in [6.07, 6.45) is 0. The number of fused-ring (bicyclic) bond motifs is 11. The topological polar surface area (TPSA) is 42.7 Å². The molecule has 3 heterocycles. The maximum absolute atomic E-state index is 6.70. The summed E-state index contributed by atoms with van der Waals surface area (Å²) < 4.78 is 19.4. The van der Waals surface area contributed by atoms with Crippen LogP contribution < -0.4 is 4.90 Å². The van der Waals surface area contributed by atoms with E-state index in [1.54, 1.807) is 0 Å². The zero-order chi connectivity index (χ0) is 28.8. The first-order chi connectivity index (χ1) is 21.8. The van der Waals surface area contributed by atoms with Gasteiger partial charge in [0, 0.05) is 44.5 Å². The molecule has 44 heavy (non-hydrogen) atoms. The zero-order valence-electron chi connectivity index (χ0n) is 23.5. The van der Waals surface area contributed by atoms with Crippen molar-refractivity contribution in [3.05, 3.63) is 140 Å². The van der Waals surface area contributed by atoms with E-state index in [9.17, 15) is 0 Å². The Kier molecular flexibility index (Phi) is 4.69. The van der Waals surface area contributed by atoms with Gasteiger partial charge in [0.25, 0.3) is 0 Å². The van der Waals surface area contributed by atoms with E-state index in [1.807, 2.05) is 48.5 Å². The summed E-state index contributed by atoms with van der Waals surface area (Å²) >= 11 is 0. The molecule has 7 aromatic carbocycles. The summed E-state index contributed by atoms with van der Waals surface area (Å²) in [7, 11) is 0. The molecule has 0 amide bonds. The van der Waals surface area contributed by atoms with E-state index in [4.69, 9.17) is 13.3 Å². The van der Waals surface area contributed by atoms with Crippen LogP contribution in [0, 0.1) is 0 Å². The number of hydrogen-bond acceptors (Lipinski definition) is 4. The Balaban J connectivity index is 1.31. The van der Waals surface area contributed by atoms with Crippen LogP contribution in [0.25, 0.3) is 76.6 Å². The number of rotatable bonds is 3. The van der Waals surface area contributed by atoms with Gasteiger partial charge in [-0.3, -0.25) is 0 Å². The molecule has 206 valence electrons. The lowest BCUT2D eigenvalue weighted by Gasteiger charge is -2.26. The van der Waals surface area contributed by atoms with Crippen molar-refractivity contribution in [1.29, 1.82) is 0 Å². The number of furan rings is 3. The molecule has 4 nitrogen and oxygen atoms in total. The van der Waals surface area contributed by atoms with Gasteiger partial charge in [0.1, 0.15) is 27.9 Å². The maximum Gasteiger partial charge on any atom is 0.160 e. The maximum atomic E-state index is 6.70. The molecule has 0 atom stereocenters. The molecule has 3 aromatic heterocycles. The first-order valence-corrected chi connectivity index (χ1v) is 14.8. The van der Waals surface area contributed by atoms with Crippen molar-refractivity contribution < 1.29 is 13.3 Å². The molecular formula is C40H23NO3. The third kappa shape index (κ3) is 3.28. The molecule has 4 heteroatoms. The van der Waals surface area contributed by atoms with Crippen molar-refractivity contribution in [3.63, 3.8) is 0 Å². The largest absolute Gasteiger partial charge is 0.456 e. The highest BCUT2D eigenvalue weighted by atomic mass is 16.3. The molecule has 0 saturated heterocycles. The average molecular weight is 566 g/mol. The SMILES string of the molecule is c1ccc2c(c1)cc(N(c1ccc3c(c1)oc1ccccc13)c1ccc3c(c1)oc1ccccc13)c1oc3ccccc3c12. The third-order valence-corrected chi connectivity index (χ3v) is 8.83. The zero-order valence-corrected chi connectivity index (χ0v) is 23.5. The Hall–Kier alpha value is -6.00. The van der Waals surface area contributed by atoms with Crippen molar-refractivity contribution in [3.8, 4) is 0 Å². The number of nitrogens with zero attached hydrogens (tertiary/aromatic N) is 1. The van der Waals surface area contributed by atoms with Crippen LogP contribution in [0.1, 0.15) is 0 Å². The van der Waals surface area contributed by atoms with Gasteiger partial charge in [-0.15, -0.1) is 0 Å². The lowest BCUT2D eigenvalue weighted by atomic mass is 10.0. The minimum absolute atomic E-state index is 0.833. The summed E-state index contributed by atoms with van der Waals surface area (Å²) in [5.41, 5.74) is 7.98. The van der Waals surface area contributed by atoms with Crippen LogP contribution in [-0.2, 0) is 0 Å². The summed E-state index contributed by atoms with van der Waals surface area (Å²) in [5, 5.41) is 8.89. The molecule has 0 aliphatic rings. The second-order valence-electron chi connectivity index (χ2n) is 11.3. The molecule has 0 bridgehead atoms. The quantitative estimate of drug-likeness (QED) is 0.214. The van der Waals surface area contributed by atoms with E-state index in [1.165, 1.54) is 0 Å². The molecular weight excluding hydrogens is 542 g/mol. The number of benzene rings is 7. The standard InChI is InChI=1S/C40H23NO3/c1-2-10-27-24(9-1)21-33(40-39(27)32-13-5-8-16-36(32)44-40)41(25-17-19-30-28-11-3-6-14-34(28)42-37(30)22-25)26-18-20-31-29-12-4-7-15-35(29)43-38(31)23-26/h1-23H. The Bertz CT molecular complexity index is 2630. The van der Waals surface area contributed by atoms with Gasteiger partial charge in [0.15, 0.2) is 5.58 Å². The fourth-order valence-corrected chi connectivity index (χ4v) is 6.86. The average Bonchev–Trinajstić information content (AvgIpc) is 3.76. The van der Waals surface area contributed by atoms with Gasteiger partial charge in [-0.05, 0) is 59.3 Å². The van der Waals surface area contributed by atoms with Gasteiger partial charge < -0.3 is 18.2 Å². The highest BCUT2D eigenvalue weighted by Gasteiger charge is 2.23. The molecule has 0 fully saturated rings. The van der Waals surface area contributed by atoms with Crippen LogP contribution in [0.5, 0.6) is 0 Å². The second kappa shape index (κ2) is 8.76. The van der Waals surface area contributed by atoms with Crippen LogP contribution in [0.3, 0.4) is 0 Å². The highest BCUT2D eigenvalue weighted by molar-refractivity contribution is 6.23. The van der Waals surface area contributed by atoms with Crippen molar-refractivity contribution in [2.75, 3.05) is 4.90 Å². The molecule has 0 saturated carbocycles. The van der Waals surface area contributed by atoms with Gasteiger partial charge in [-0.1, -0.05) is 78.9 Å². The molecule has 0 spiro atoms. The number of hydrogen-bond donors (Lipinski definition) is 0. The summed E-state index contributed by atoms with van der Waals surface area (Å²) in [6, 6.07) is 48.3. The van der Waals surface area contributed by atoms with Gasteiger partial charge in [-0.2, -0.15) is 0 Å². The van der Waals surface area contributed by atoms with Gasteiger partial charge in [-0.25, -0.2) is 0 Å². The van der Waals surface area contributed by atoms with Gasteiger partial charge >= 0.3 is 0 Å². The number of para-hydroxylation sites is 3. The lowest BCUT2D eigenvalue weighted by Crippen LogP contribution is -2.10. The second-order valence-corrected chi connectivity index (χ2v) is 11.3. The van der Waals surface area contributed by atoms with Gasteiger partial charge in [0.2, 0.25) is 0 Å². The summed E-state index contributed by atoms with van der Waals surface area (Å²) in [4.78, 5) is 2.26. The monoisotopic (exact) mass is 565 g/mol. The summed E-state index contributed by atoms with van der Waals surface area (Å²) in [6.45, 7) is 0. The molecule has 0 radical (unpaired) electrons. The van der Waals surface area contributed by atoms with E-state index < -0.39 is 0 Å². The Morgan fingerprint density at radius 2 is 0.841 bits per heavy atom. The minimum Gasteiger partial charge on any atom is -0.456 e. The Morgan fingerprint density at radius 1 is 0.364 bits per heavy atom. The first-order valence-electron chi connectivity index (χ1n) is 14.8.